The van der Waals surface area contributed by atoms with Crippen LogP contribution in [0.2, 0.25) is 0 Å². The molecule has 0 amide bonds. The maximum atomic E-state index is 5.30. The Balaban J connectivity index is 1.77. The lowest BCUT2D eigenvalue weighted by Gasteiger charge is -2.11. The van der Waals surface area contributed by atoms with Crippen LogP contribution < -0.4 is 24.8 Å². The van der Waals surface area contributed by atoms with Crippen LogP contribution in [0.5, 0.6) is 17.4 Å². The van der Waals surface area contributed by atoms with Crippen molar-refractivity contribution < 1.29 is 14.2 Å². The number of hydrogen-bond acceptors (Lipinski definition) is 6. The lowest BCUT2D eigenvalue weighted by atomic mass is 10.2. The van der Waals surface area contributed by atoms with E-state index in [1.165, 1.54) is 0 Å². The Labute approximate surface area is 150 Å². The number of nitrogens with zero attached hydrogens (tertiary/aromatic N) is 1. The molecule has 24 heavy (non-hydrogen) atoms. The largest absolute Gasteiger partial charge is 0.493 e. The van der Waals surface area contributed by atoms with E-state index in [9.17, 15) is 0 Å². The number of methoxy groups -OCH3 is 3. The summed E-state index contributed by atoms with van der Waals surface area (Å²) in [4.78, 5) is 4.35. The van der Waals surface area contributed by atoms with Gasteiger partial charge in [-0.1, -0.05) is 6.07 Å². The van der Waals surface area contributed by atoms with E-state index in [1.807, 2.05) is 30.3 Å². The first-order chi connectivity index (χ1) is 11.7. The molecular weight excluding hydrogens is 374 g/mol. The number of benzene rings is 1. The number of pyridine rings is 1. The number of nitrogens with one attached hydrogen (secondary N) is 2. The number of hydrogen-bond donors (Lipinski definition) is 2. The van der Waals surface area contributed by atoms with Gasteiger partial charge in [0.25, 0.3) is 0 Å². The fourth-order valence-corrected chi connectivity index (χ4v) is 2.55. The van der Waals surface area contributed by atoms with Gasteiger partial charge in [-0.05, 0) is 45.8 Å². The van der Waals surface area contributed by atoms with Crippen LogP contribution in [-0.4, -0.2) is 39.4 Å². The van der Waals surface area contributed by atoms with E-state index in [1.54, 1.807) is 21.3 Å². The van der Waals surface area contributed by atoms with Crippen LogP contribution in [0, 0.1) is 0 Å². The average Bonchev–Trinajstić information content (AvgIpc) is 2.62. The highest BCUT2D eigenvalue weighted by Crippen LogP contribution is 2.27. The number of ether oxygens (including phenoxy) is 3. The fourth-order valence-electron chi connectivity index (χ4n) is 2.17. The Hall–Kier alpha value is -1.99. The Morgan fingerprint density at radius 1 is 0.958 bits per heavy atom. The van der Waals surface area contributed by atoms with Gasteiger partial charge in [0.1, 0.15) is 5.82 Å². The summed E-state index contributed by atoms with van der Waals surface area (Å²) in [5, 5.41) is 6.63. The molecule has 1 heterocycles. The molecule has 7 heteroatoms. The summed E-state index contributed by atoms with van der Waals surface area (Å²) in [5.74, 6) is 2.82. The van der Waals surface area contributed by atoms with E-state index in [-0.39, 0.29) is 0 Å². The molecule has 1 aromatic heterocycles. The second-order valence-electron chi connectivity index (χ2n) is 4.98. The molecule has 0 saturated heterocycles. The van der Waals surface area contributed by atoms with E-state index >= 15 is 0 Å². The minimum Gasteiger partial charge on any atom is -0.493 e. The van der Waals surface area contributed by atoms with Gasteiger partial charge in [-0.2, -0.15) is 4.98 Å². The lowest BCUT2D eigenvalue weighted by molar-refractivity contribution is 0.354. The molecule has 6 nitrogen and oxygen atoms in total. The smallest absolute Gasteiger partial charge is 0.229 e. The highest BCUT2D eigenvalue weighted by Gasteiger charge is 2.05. The summed E-state index contributed by atoms with van der Waals surface area (Å²) in [7, 11) is 4.87. The molecule has 0 spiro atoms. The summed E-state index contributed by atoms with van der Waals surface area (Å²) in [6.45, 7) is 2.30. The van der Waals surface area contributed by atoms with Gasteiger partial charge in [-0.3, -0.25) is 0 Å². The van der Waals surface area contributed by atoms with Gasteiger partial charge >= 0.3 is 0 Å². The molecule has 1 aromatic carbocycles. The van der Waals surface area contributed by atoms with E-state index in [0.717, 1.165) is 47.0 Å². The molecule has 130 valence electrons. The van der Waals surface area contributed by atoms with Gasteiger partial charge in [0.05, 0.1) is 25.8 Å². The highest BCUT2D eigenvalue weighted by atomic mass is 79.9. The molecular formula is C17H22BrN3O3. The summed E-state index contributed by atoms with van der Waals surface area (Å²) < 4.78 is 16.6. The maximum Gasteiger partial charge on any atom is 0.229 e. The predicted molar refractivity (Wildman–Crippen MR) is 98.2 cm³/mol. The maximum absolute atomic E-state index is 5.30. The quantitative estimate of drug-likeness (QED) is 0.636. The first-order valence-electron chi connectivity index (χ1n) is 7.54. The predicted octanol–water partition coefficient (Wildman–Crippen LogP) is 3.07. The van der Waals surface area contributed by atoms with Gasteiger partial charge in [0.2, 0.25) is 5.88 Å². The summed E-state index contributed by atoms with van der Waals surface area (Å²) in [5.41, 5.74) is 1.14. The average molecular weight is 396 g/mol. The van der Waals surface area contributed by atoms with E-state index < -0.39 is 0 Å². The van der Waals surface area contributed by atoms with Crippen molar-refractivity contribution in [2.24, 2.45) is 0 Å². The van der Waals surface area contributed by atoms with E-state index in [0.29, 0.717) is 5.88 Å². The number of rotatable bonds is 9. The second kappa shape index (κ2) is 9.34. The zero-order chi connectivity index (χ0) is 17.4. The lowest BCUT2D eigenvalue weighted by Crippen LogP contribution is -2.22. The van der Waals surface area contributed by atoms with Crippen LogP contribution in [0.4, 0.5) is 5.82 Å². The number of anilines is 1. The standard InChI is InChI=1S/C17H22BrN3O3/c1-22-14-6-4-12(10-15(14)23-2)11-19-8-9-20-16-7-5-13(18)17(21-16)24-3/h4-7,10,19H,8-9,11H2,1-3H3,(H,20,21). The normalized spacial score (nSPS) is 10.3. The molecule has 0 saturated carbocycles. The first kappa shape index (κ1) is 18.4. The minimum absolute atomic E-state index is 0.568. The topological polar surface area (TPSA) is 64.6 Å². The van der Waals surface area contributed by atoms with Crippen molar-refractivity contribution in [2.75, 3.05) is 39.7 Å². The van der Waals surface area contributed by atoms with Gasteiger partial charge in [0, 0.05) is 19.6 Å². The highest BCUT2D eigenvalue weighted by molar-refractivity contribution is 9.10. The molecule has 0 aliphatic rings. The van der Waals surface area contributed by atoms with Gasteiger partial charge in [-0.15, -0.1) is 0 Å². The van der Waals surface area contributed by atoms with Crippen molar-refractivity contribution in [1.82, 2.24) is 10.3 Å². The van der Waals surface area contributed by atoms with Crippen LogP contribution in [0.3, 0.4) is 0 Å². The Morgan fingerprint density at radius 3 is 2.46 bits per heavy atom. The van der Waals surface area contributed by atoms with Crippen molar-refractivity contribution in [3.8, 4) is 17.4 Å². The summed E-state index contributed by atoms with van der Waals surface area (Å²) in [6.07, 6.45) is 0. The zero-order valence-corrected chi connectivity index (χ0v) is 15.6. The van der Waals surface area contributed by atoms with Crippen molar-refractivity contribution in [1.29, 1.82) is 0 Å². The molecule has 0 fully saturated rings. The fraction of sp³-hybridized carbons (Fsp3) is 0.353. The minimum atomic E-state index is 0.568. The number of aromatic nitrogens is 1. The van der Waals surface area contributed by atoms with Crippen LogP contribution >= 0.6 is 15.9 Å². The van der Waals surface area contributed by atoms with Crippen LogP contribution in [0.15, 0.2) is 34.8 Å². The monoisotopic (exact) mass is 395 g/mol. The third kappa shape index (κ3) is 5.01. The second-order valence-corrected chi connectivity index (χ2v) is 5.83. The van der Waals surface area contributed by atoms with Gasteiger partial charge < -0.3 is 24.8 Å². The Bertz CT molecular complexity index is 668. The summed E-state index contributed by atoms with van der Waals surface area (Å²) >= 11 is 3.38. The van der Waals surface area contributed by atoms with E-state index in [4.69, 9.17) is 14.2 Å². The van der Waals surface area contributed by atoms with Crippen molar-refractivity contribution >= 4 is 21.7 Å². The van der Waals surface area contributed by atoms with Crippen LogP contribution in [0.1, 0.15) is 5.56 Å². The van der Waals surface area contributed by atoms with E-state index in [2.05, 4.69) is 31.5 Å². The molecule has 0 atom stereocenters. The molecule has 0 aliphatic carbocycles. The molecule has 0 radical (unpaired) electrons. The van der Waals surface area contributed by atoms with Crippen molar-refractivity contribution in [2.45, 2.75) is 6.54 Å². The molecule has 0 unspecified atom stereocenters. The third-order valence-electron chi connectivity index (χ3n) is 3.39. The molecule has 0 aliphatic heterocycles. The zero-order valence-electron chi connectivity index (χ0n) is 14.1. The van der Waals surface area contributed by atoms with Gasteiger partial charge in [0.15, 0.2) is 11.5 Å². The molecule has 2 N–H and O–H groups in total. The first-order valence-corrected chi connectivity index (χ1v) is 8.33. The molecule has 2 rings (SSSR count). The Kier molecular flexibility index (Phi) is 7.14. The number of halogens is 1. The molecule has 2 aromatic rings. The third-order valence-corrected chi connectivity index (χ3v) is 4.00. The van der Waals surface area contributed by atoms with Crippen LogP contribution in [-0.2, 0) is 6.54 Å². The molecule has 0 bridgehead atoms. The Morgan fingerprint density at radius 2 is 1.75 bits per heavy atom. The van der Waals surface area contributed by atoms with Crippen molar-refractivity contribution in [3.63, 3.8) is 0 Å². The SMILES string of the molecule is COc1ccc(CNCCNc2ccc(Br)c(OC)n2)cc1OC. The summed E-state index contributed by atoms with van der Waals surface area (Å²) in [6, 6.07) is 9.71. The van der Waals surface area contributed by atoms with Crippen molar-refractivity contribution in [3.05, 3.63) is 40.4 Å². The van der Waals surface area contributed by atoms with Crippen LogP contribution in [0.25, 0.3) is 0 Å². The van der Waals surface area contributed by atoms with Gasteiger partial charge in [-0.25, -0.2) is 0 Å².